The molecule has 2 aromatic carbocycles. The van der Waals surface area contributed by atoms with Crippen molar-refractivity contribution in [2.45, 2.75) is 24.0 Å². The Kier molecular flexibility index (Phi) is 4.85. The first-order valence-electron chi connectivity index (χ1n) is 7.91. The van der Waals surface area contributed by atoms with E-state index in [0.29, 0.717) is 18.0 Å². The van der Waals surface area contributed by atoms with Crippen molar-refractivity contribution >= 4 is 10.0 Å². The van der Waals surface area contributed by atoms with Gasteiger partial charge in [0, 0.05) is 6.54 Å². The third-order valence-corrected chi connectivity index (χ3v) is 6.16. The van der Waals surface area contributed by atoms with Crippen molar-refractivity contribution < 1.29 is 13.2 Å². The second-order valence-corrected chi connectivity index (χ2v) is 7.75. The van der Waals surface area contributed by atoms with Crippen LogP contribution in [0.3, 0.4) is 0 Å². The topological polar surface area (TPSA) is 46.6 Å². The highest BCUT2D eigenvalue weighted by molar-refractivity contribution is 7.89. The van der Waals surface area contributed by atoms with Crippen molar-refractivity contribution in [3.8, 4) is 0 Å². The summed E-state index contributed by atoms with van der Waals surface area (Å²) in [5, 5.41) is 0. The summed E-state index contributed by atoms with van der Waals surface area (Å²) < 4.78 is 33.5. The Labute approximate surface area is 143 Å². The summed E-state index contributed by atoms with van der Waals surface area (Å²) in [6, 6.07) is 16.2. The van der Waals surface area contributed by atoms with Crippen molar-refractivity contribution in [2.24, 2.45) is 0 Å². The maximum Gasteiger partial charge on any atom is 0.243 e. The molecule has 1 saturated heterocycles. The molecule has 1 fully saturated rings. The van der Waals surface area contributed by atoms with E-state index in [2.05, 4.69) is 6.58 Å². The lowest BCUT2D eigenvalue weighted by molar-refractivity contribution is -0.0268. The second kappa shape index (κ2) is 6.89. The monoisotopic (exact) mass is 343 g/mol. The van der Waals surface area contributed by atoms with Gasteiger partial charge in [0.05, 0.1) is 17.5 Å². The van der Waals surface area contributed by atoms with E-state index in [0.717, 1.165) is 11.1 Å². The molecule has 24 heavy (non-hydrogen) atoms. The minimum absolute atomic E-state index is 0.300. The fourth-order valence-corrected chi connectivity index (χ4v) is 4.55. The van der Waals surface area contributed by atoms with E-state index in [1.807, 2.05) is 49.4 Å². The highest BCUT2D eigenvalue weighted by Crippen LogP contribution is 2.32. The molecule has 1 aliphatic rings. The standard InChI is InChI=1S/C19H21NO3S/c1-3-18-19(16-7-5-4-6-8-16)23-14-13-20(18)24(21,22)17-11-9-15(2)10-12-17/h3-12,18-19H,1,13-14H2,2H3/t18-,19+/m0/s1. The van der Waals surface area contributed by atoms with Crippen LogP contribution in [0.25, 0.3) is 0 Å². The molecule has 4 nitrogen and oxygen atoms in total. The number of aryl methyl sites for hydroxylation is 1. The van der Waals surface area contributed by atoms with Gasteiger partial charge in [-0.25, -0.2) is 8.42 Å². The number of ether oxygens (including phenoxy) is 1. The molecule has 0 radical (unpaired) electrons. The SMILES string of the molecule is C=C[C@H]1[C@@H](c2ccccc2)OCCN1S(=O)(=O)c1ccc(C)cc1. The zero-order valence-electron chi connectivity index (χ0n) is 13.6. The Bertz CT molecular complexity index is 800. The molecule has 2 aromatic rings. The summed E-state index contributed by atoms with van der Waals surface area (Å²) in [6.45, 7) is 6.45. The Hall–Kier alpha value is -1.95. The zero-order valence-corrected chi connectivity index (χ0v) is 14.4. The van der Waals surface area contributed by atoms with Crippen LogP contribution < -0.4 is 0 Å². The van der Waals surface area contributed by atoms with Gasteiger partial charge in [-0.3, -0.25) is 0 Å². The molecule has 3 rings (SSSR count). The van der Waals surface area contributed by atoms with Gasteiger partial charge in [0.15, 0.2) is 0 Å². The minimum Gasteiger partial charge on any atom is -0.370 e. The summed E-state index contributed by atoms with van der Waals surface area (Å²) in [5.41, 5.74) is 1.98. The van der Waals surface area contributed by atoms with Crippen LogP contribution in [0.2, 0.25) is 0 Å². The largest absolute Gasteiger partial charge is 0.370 e. The molecule has 0 spiro atoms. The van der Waals surface area contributed by atoms with Crippen LogP contribution in [0.15, 0.2) is 72.1 Å². The van der Waals surface area contributed by atoms with Crippen LogP contribution in [-0.4, -0.2) is 31.9 Å². The maximum atomic E-state index is 13.1. The summed E-state index contributed by atoms with van der Waals surface area (Å²) in [5.74, 6) is 0. The lowest BCUT2D eigenvalue weighted by atomic mass is 10.0. The first kappa shape index (κ1) is 16.9. The molecule has 0 aliphatic carbocycles. The molecule has 2 atom stereocenters. The first-order valence-corrected chi connectivity index (χ1v) is 9.35. The predicted molar refractivity (Wildman–Crippen MR) is 94.2 cm³/mol. The molecule has 0 bridgehead atoms. The van der Waals surface area contributed by atoms with Crippen LogP contribution in [0.4, 0.5) is 0 Å². The number of sulfonamides is 1. The van der Waals surface area contributed by atoms with E-state index in [4.69, 9.17) is 4.74 Å². The zero-order chi connectivity index (χ0) is 17.2. The molecule has 1 heterocycles. The van der Waals surface area contributed by atoms with Gasteiger partial charge in [-0.2, -0.15) is 4.31 Å². The van der Waals surface area contributed by atoms with E-state index < -0.39 is 16.1 Å². The molecule has 0 amide bonds. The fourth-order valence-electron chi connectivity index (χ4n) is 2.97. The fraction of sp³-hybridized carbons (Fsp3) is 0.263. The summed E-state index contributed by atoms with van der Waals surface area (Å²) in [4.78, 5) is 0.300. The normalized spacial score (nSPS) is 22.2. The van der Waals surface area contributed by atoms with Crippen molar-refractivity contribution in [3.63, 3.8) is 0 Å². The van der Waals surface area contributed by atoms with Gasteiger partial charge in [0.2, 0.25) is 10.0 Å². The van der Waals surface area contributed by atoms with E-state index in [-0.39, 0.29) is 6.10 Å². The van der Waals surface area contributed by atoms with Crippen LogP contribution in [0, 0.1) is 6.92 Å². The van der Waals surface area contributed by atoms with Gasteiger partial charge in [-0.05, 0) is 24.6 Å². The van der Waals surface area contributed by atoms with Crippen LogP contribution in [0.1, 0.15) is 17.2 Å². The van der Waals surface area contributed by atoms with Gasteiger partial charge in [-0.1, -0.05) is 54.1 Å². The third-order valence-electron chi connectivity index (χ3n) is 4.25. The quantitative estimate of drug-likeness (QED) is 0.800. The third kappa shape index (κ3) is 3.15. The number of nitrogens with zero attached hydrogens (tertiary/aromatic N) is 1. The molecular weight excluding hydrogens is 322 g/mol. The molecule has 1 aliphatic heterocycles. The van der Waals surface area contributed by atoms with Gasteiger partial charge in [0.1, 0.15) is 6.10 Å². The molecular formula is C19H21NO3S. The van der Waals surface area contributed by atoms with Gasteiger partial charge in [-0.15, -0.1) is 6.58 Å². The number of morpholine rings is 1. The van der Waals surface area contributed by atoms with Gasteiger partial charge >= 0.3 is 0 Å². The Morgan fingerprint density at radius 1 is 1.12 bits per heavy atom. The molecule has 0 saturated carbocycles. The van der Waals surface area contributed by atoms with E-state index >= 15 is 0 Å². The van der Waals surface area contributed by atoms with Crippen molar-refractivity contribution in [1.82, 2.24) is 4.31 Å². The van der Waals surface area contributed by atoms with Crippen molar-refractivity contribution in [1.29, 1.82) is 0 Å². The number of benzene rings is 2. The molecule has 0 unspecified atom stereocenters. The molecule has 0 aromatic heterocycles. The molecule has 126 valence electrons. The van der Waals surface area contributed by atoms with Gasteiger partial charge in [0.25, 0.3) is 0 Å². The van der Waals surface area contributed by atoms with Crippen LogP contribution in [0.5, 0.6) is 0 Å². The van der Waals surface area contributed by atoms with E-state index in [9.17, 15) is 8.42 Å². The number of hydrogen-bond acceptors (Lipinski definition) is 3. The Morgan fingerprint density at radius 3 is 2.42 bits per heavy atom. The second-order valence-electron chi connectivity index (χ2n) is 5.86. The van der Waals surface area contributed by atoms with Crippen LogP contribution in [-0.2, 0) is 14.8 Å². The highest BCUT2D eigenvalue weighted by Gasteiger charge is 2.38. The van der Waals surface area contributed by atoms with E-state index in [1.54, 1.807) is 18.2 Å². The average Bonchev–Trinajstić information content (AvgIpc) is 2.62. The summed E-state index contributed by atoms with van der Waals surface area (Å²) in [7, 11) is -3.60. The summed E-state index contributed by atoms with van der Waals surface area (Å²) in [6.07, 6.45) is 1.31. The minimum atomic E-state index is -3.60. The lowest BCUT2D eigenvalue weighted by Crippen LogP contribution is -2.49. The number of rotatable bonds is 4. The maximum absolute atomic E-state index is 13.1. The number of hydrogen-bond donors (Lipinski definition) is 0. The van der Waals surface area contributed by atoms with Gasteiger partial charge < -0.3 is 4.74 Å². The highest BCUT2D eigenvalue weighted by atomic mass is 32.2. The van der Waals surface area contributed by atoms with Crippen molar-refractivity contribution in [2.75, 3.05) is 13.2 Å². The summed E-state index contributed by atoms with van der Waals surface area (Å²) >= 11 is 0. The lowest BCUT2D eigenvalue weighted by Gasteiger charge is -2.38. The average molecular weight is 343 g/mol. The smallest absolute Gasteiger partial charge is 0.243 e. The van der Waals surface area contributed by atoms with Crippen LogP contribution >= 0.6 is 0 Å². The Balaban J connectivity index is 1.97. The molecule has 0 N–H and O–H groups in total. The van der Waals surface area contributed by atoms with Crippen molar-refractivity contribution in [3.05, 3.63) is 78.4 Å². The Morgan fingerprint density at radius 2 is 1.79 bits per heavy atom. The van der Waals surface area contributed by atoms with E-state index in [1.165, 1.54) is 4.31 Å². The molecule has 5 heteroatoms. The first-order chi connectivity index (χ1) is 11.5. The predicted octanol–water partition coefficient (Wildman–Crippen LogP) is 3.31.